The predicted molar refractivity (Wildman–Crippen MR) is 128 cm³/mol. The molecule has 0 bridgehead atoms. The third-order valence-electron chi connectivity index (χ3n) is 5.91. The van der Waals surface area contributed by atoms with Gasteiger partial charge >= 0.3 is 0 Å². The standard InChI is InChI=1S/C27H24N4O3/c1-17-3-2-4-22(15-17)26-30-29-25(34-26)20-9-11-21(12-10-20)27(33)31(23-13-14-23)16-18-5-7-19(8-6-18)24(28)32/h2-12,15,23H,13-14,16H2,1H3,(H2,28,32). The molecule has 0 unspecified atom stereocenters. The first-order chi connectivity index (χ1) is 16.5. The molecule has 5 rings (SSSR count). The van der Waals surface area contributed by atoms with E-state index in [0.29, 0.717) is 29.5 Å². The Bertz CT molecular complexity index is 1340. The lowest BCUT2D eigenvalue weighted by atomic mass is 10.1. The van der Waals surface area contributed by atoms with E-state index in [4.69, 9.17) is 10.2 Å². The van der Waals surface area contributed by atoms with Crippen LogP contribution in [0.1, 0.15) is 44.7 Å². The maximum Gasteiger partial charge on any atom is 0.254 e. The van der Waals surface area contributed by atoms with Gasteiger partial charge in [0.1, 0.15) is 0 Å². The van der Waals surface area contributed by atoms with E-state index >= 15 is 0 Å². The Morgan fingerprint density at radius 1 is 0.912 bits per heavy atom. The van der Waals surface area contributed by atoms with E-state index in [2.05, 4.69) is 10.2 Å². The fraction of sp³-hybridized carbons (Fsp3) is 0.185. The summed E-state index contributed by atoms with van der Waals surface area (Å²) in [6, 6.07) is 22.4. The highest BCUT2D eigenvalue weighted by Gasteiger charge is 2.33. The second-order valence-corrected chi connectivity index (χ2v) is 8.58. The van der Waals surface area contributed by atoms with Crippen molar-refractivity contribution in [3.63, 3.8) is 0 Å². The number of carbonyl (C=O) groups excluding carboxylic acids is 2. The zero-order valence-corrected chi connectivity index (χ0v) is 18.8. The molecule has 1 heterocycles. The maximum atomic E-state index is 13.3. The molecular formula is C27H24N4O3. The van der Waals surface area contributed by atoms with Crippen LogP contribution in [-0.2, 0) is 6.54 Å². The molecule has 2 amide bonds. The highest BCUT2D eigenvalue weighted by atomic mass is 16.4. The molecule has 34 heavy (non-hydrogen) atoms. The van der Waals surface area contributed by atoms with Gasteiger partial charge in [0.15, 0.2) is 0 Å². The summed E-state index contributed by atoms with van der Waals surface area (Å²) in [5.41, 5.74) is 10.1. The normalized spacial score (nSPS) is 13.0. The lowest BCUT2D eigenvalue weighted by molar-refractivity contribution is 0.0729. The number of benzene rings is 3. The van der Waals surface area contributed by atoms with Crippen LogP contribution in [0.5, 0.6) is 0 Å². The fourth-order valence-electron chi connectivity index (χ4n) is 3.88. The molecule has 3 aromatic carbocycles. The highest BCUT2D eigenvalue weighted by molar-refractivity contribution is 5.95. The van der Waals surface area contributed by atoms with Crippen LogP contribution >= 0.6 is 0 Å². The zero-order valence-electron chi connectivity index (χ0n) is 18.8. The van der Waals surface area contributed by atoms with Gasteiger partial charge in [-0.2, -0.15) is 0 Å². The van der Waals surface area contributed by atoms with Crippen LogP contribution in [-0.4, -0.2) is 33.0 Å². The maximum absolute atomic E-state index is 13.3. The lowest BCUT2D eigenvalue weighted by Gasteiger charge is -2.23. The van der Waals surface area contributed by atoms with Crippen LogP contribution in [0.2, 0.25) is 0 Å². The van der Waals surface area contributed by atoms with E-state index in [9.17, 15) is 9.59 Å². The van der Waals surface area contributed by atoms with Crippen molar-refractivity contribution in [2.75, 3.05) is 0 Å². The number of rotatable bonds is 7. The zero-order chi connectivity index (χ0) is 23.7. The Kier molecular flexibility index (Phi) is 5.67. The Morgan fingerprint density at radius 3 is 2.18 bits per heavy atom. The largest absolute Gasteiger partial charge is 0.416 e. The first-order valence-corrected chi connectivity index (χ1v) is 11.2. The summed E-state index contributed by atoms with van der Waals surface area (Å²) in [4.78, 5) is 26.5. The van der Waals surface area contributed by atoms with Crippen molar-refractivity contribution in [3.8, 4) is 22.9 Å². The molecule has 0 aliphatic heterocycles. The minimum atomic E-state index is -0.464. The van der Waals surface area contributed by atoms with Gasteiger partial charge in [0.2, 0.25) is 17.7 Å². The van der Waals surface area contributed by atoms with Gasteiger partial charge in [-0.3, -0.25) is 9.59 Å². The minimum Gasteiger partial charge on any atom is -0.416 e. The highest BCUT2D eigenvalue weighted by Crippen LogP contribution is 2.31. The quantitative estimate of drug-likeness (QED) is 0.441. The van der Waals surface area contributed by atoms with Crippen molar-refractivity contribution < 1.29 is 14.0 Å². The Morgan fingerprint density at radius 2 is 1.56 bits per heavy atom. The lowest BCUT2D eigenvalue weighted by Crippen LogP contribution is -2.32. The molecule has 1 aliphatic carbocycles. The Hall–Kier alpha value is -4.26. The SMILES string of the molecule is Cc1cccc(-c2nnc(-c3ccc(C(=O)N(Cc4ccc(C(N)=O)cc4)C4CC4)cc3)o2)c1. The van der Waals surface area contributed by atoms with Crippen molar-refractivity contribution in [3.05, 3.63) is 95.1 Å². The summed E-state index contributed by atoms with van der Waals surface area (Å²) in [5, 5.41) is 8.33. The van der Waals surface area contributed by atoms with Gasteiger partial charge in [-0.25, -0.2) is 0 Å². The minimum absolute atomic E-state index is 0.0287. The average Bonchev–Trinajstić information content (AvgIpc) is 3.57. The fourth-order valence-corrected chi connectivity index (χ4v) is 3.88. The molecule has 2 N–H and O–H groups in total. The van der Waals surface area contributed by atoms with Crippen LogP contribution in [0.4, 0.5) is 0 Å². The summed E-state index contributed by atoms with van der Waals surface area (Å²) in [7, 11) is 0. The van der Waals surface area contributed by atoms with Crippen LogP contribution in [0.25, 0.3) is 22.9 Å². The first kappa shape index (κ1) is 21.6. The van der Waals surface area contributed by atoms with Gasteiger partial charge in [0.05, 0.1) is 0 Å². The molecule has 1 saturated carbocycles. The number of hydrogen-bond acceptors (Lipinski definition) is 5. The number of aromatic nitrogens is 2. The van der Waals surface area contributed by atoms with Gasteiger partial charge in [-0.1, -0.05) is 29.8 Å². The van der Waals surface area contributed by atoms with Crippen LogP contribution in [0, 0.1) is 6.92 Å². The van der Waals surface area contributed by atoms with Gasteiger partial charge in [-0.05, 0) is 73.9 Å². The molecule has 0 saturated heterocycles. The molecule has 7 heteroatoms. The first-order valence-electron chi connectivity index (χ1n) is 11.2. The molecule has 1 aromatic heterocycles. The van der Waals surface area contributed by atoms with Crippen LogP contribution < -0.4 is 5.73 Å². The number of primary amides is 1. The molecule has 0 radical (unpaired) electrons. The monoisotopic (exact) mass is 452 g/mol. The second kappa shape index (κ2) is 8.94. The molecule has 1 fully saturated rings. The summed E-state index contributed by atoms with van der Waals surface area (Å²) in [5.74, 6) is 0.373. The van der Waals surface area contributed by atoms with Crippen molar-refractivity contribution in [2.45, 2.75) is 32.4 Å². The smallest absolute Gasteiger partial charge is 0.254 e. The molecule has 4 aromatic rings. The number of nitrogens with zero attached hydrogens (tertiary/aromatic N) is 3. The topological polar surface area (TPSA) is 102 Å². The van der Waals surface area contributed by atoms with E-state index in [1.54, 1.807) is 24.3 Å². The Labute approximate surface area is 197 Å². The van der Waals surface area contributed by atoms with Gasteiger partial charge in [0, 0.05) is 34.8 Å². The van der Waals surface area contributed by atoms with E-state index in [-0.39, 0.29) is 11.9 Å². The summed E-state index contributed by atoms with van der Waals surface area (Å²) < 4.78 is 5.86. The van der Waals surface area contributed by atoms with Gasteiger partial charge < -0.3 is 15.1 Å². The molecular weight excluding hydrogens is 428 g/mol. The average molecular weight is 453 g/mol. The Balaban J connectivity index is 1.32. The third kappa shape index (κ3) is 4.59. The van der Waals surface area contributed by atoms with Crippen molar-refractivity contribution in [2.24, 2.45) is 5.73 Å². The van der Waals surface area contributed by atoms with Crippen molar-refractivity contribution >= 4 is 11.8 Å². The predicted octanol–water partition coefficient (Wildman–Crippen LogP) is 4.62. The van der Waals surface area contributed by atoms with E-state index < -0.39 is 5.91 Å². The van der Waals surface area contributed by atoms with Gasteiger partial charge in [0.25, 0.3) is 5.91 Å². The summed E-state index contributed by atoms with van der Waals surface area (Å²) >= 11 is 0. The number of aryl methyl sites for hydroxylation is 1. The van der Waals surface area contributed by atoms with E-state index in [1.807, 2.05) is 60.4 Å². The van der Waals surface area contributed by atoms with E-state index in [1.165, 1.54) is 0 Å². The number of nitrogens with two attached hydrogens (primary N) is 1. The summed E-state index contributed by atoms with van der Waals surface area (Å²) in [6.07, 6.45) is 1.99. The van der Waals surface area contributed by atoms with Crippen molar-refractivity contribution in [1.29, 1.82) is 0 Å². The third-order valence-corrected chi connectivity index (χ3v) is 5.91. The molecule has 0 atom stereocenters. The second-order valence-electron chi connectivity index (χ2n) is 8.58. The van der Waals surface area contributed by atoms with E-state index in [0.717, 1.165) is 35.1 Å². The van der Waals surface area contributed by atoms with Crippen LogP contribution in [0.3, 0.4) is 0 Å². The molecule has 1 aliphatic rings. The number of hydrogen-bond donors (Lipinski definition) is 1. The van der Waals surface area contributed by atoms with Gasteiger partial charge in [-0.15, -0.1) is 10.2 Å². The van der Waals surface area contributed by atoms with Crippen molar-refractivity contribution in [1.82, 2.24) is 15.1 Å². The molecule has 170 valence electrons. The number of carbonyl (C=O) groups is 2. The molecule has 7 nitrogen and oxygen atoms in total. The number of amides is 2. The summed E-state index contributed by atoms with van der Waals surface area (Å²) in [6.45, 7) is 2.49. The molecule has 0 spiro atoms. The van der Waals surface area contributed by atoms with Crippen LogP contribution in [0.15, 0.2) is 77.2 Å².